The van der Waals surface area contributed by atoms with E-state index in [1.165, 1.54) is 25.0 Å². The molecule has 0 radical (unpaired) electrons. The van der Waals surface area contributed by atoms with Crippen LogP contribution in [0.25, 0.3) is 5.69 Å². The lowest BCUT2D eigenvalue weighted by atomic mass is 10.0. The molecule has 3 rings (SSSR count). The molecule has 1 aromatic carbocycles. The summed E-state index contributed by atoms with van der Waals surface area (Å²) in [5.74, 6) is 0.873. The average Bonchev–Trinajstić information content (AvgIpc) is 2.97. The molecular formula is C15H19N3O. The molecule has 0 spiro atoms. The first-order valence-corrected chi connectivity index (χ1v) is 6.79. The molecule has 0 amide bonds. The van der Waals surface area contributed by atoms with E-state index >= 15 is 0 Å². The zero-order chi connectivity index (χ0) is 13.1. The van der Waals surface area contributed by atoms with Crippen LogP contribution in [0.2, 0.25) is 0 Å². The fraction of sp³-hybridized carbons (Fsp3) is 0.400. The number of imidazole rings is 1. The Hall–Kier alpha value is -1.81. The van der Waals surface area contributed by atoms with E-state index in [1.807, 2.05) is 30.7 Å². The van der Waals surface area contributed by atoms with Crippen molar-refractivity contribution in [1.82, 2.24) is 14.9 Å². The van der Waals surface area contributed by atoms with Crippen molar-refractivity contribution in [2.24, 2.45) is 0 Å². The summed E-state index contributed by atoms with van der Waals surface area (Å²) in [5, 5.41) is 3.57. The van der Waals surface area contributed by atoms with E-state index in [2.05, 4.69) is 20.9 Å². The van der Waals surface area contributed by atoms with Gasteiger partial charge in [0.2, 0.25) is 0 Å². The maximum atomic E-state index is 5.44. The third kappa shape index (κ3) is 2.36. The molecule has 0 bridgehead atoms. The van der Waals surface area contributed by atoms with Crippen LogP contribution in [0.4, 0.5) is 0 Å². The summed E-state index contributed by atoms with van der Waals surface area (Å²) in [6.45, 7) is 1.09. The van der Waals surface area contributed by atoms with Crippen molar-refractivity contribution in [3.63, 3.8) is 0 Å². The van der Waals surface area contributed by atoms with Crippen LogP contribution in [0.1, 0.15) is 31.0 Å². The quantitative estimate of drug-likeness (QED) is 0.919. The Labute approximate surface area is 113 Å². The summed E-state index contributed by atoms with van der Waals surface area (Å²) in [4.78, 5) is 4.32. The van der Waals surface area contributed by atoms with Gasteiger partial charge in [-0.3, -0.25) is 4.57 Å². The van der Waals surface area contributed by atoms with Gasteiger partial charge >= 0.3 is 0 Å². The number of hydrogen-bond acceptors (Lipinski definition) is 3. The molecule has 2 aromatic rings. The second-order valence-corrected chi connectivity index (χ2v) is 4.86. The number of para-hydroxylation sites is 2. The van der Waals surface area contributed by atoms with Crippen molar-refractivity contribution in [2.75, 3.05) is 13.7 Å². The number of nitrogens with zero attached hydrogens (tertiary/aromatic N) is 2. The SMILES string of the molecule is COc1ccccc1-n1cncc1C1CCCCN1. The zero-order valence-corrected chi connectivity index (χ0v) is 11.2. The van der Waals surface area contributed by atoms with E-state index in [0.717, 1.165) is 18.0 Å². The van der Waals surface area contributed by atoms with Gasteiger partial charge in [0.05, 0.1) is 31.0 Å². The van der Waals surface area contributed by atoms with E-state index in [4.69, 9.17) is 4.74 Å². The maximum absolute atomic E-state index is 5.44. The topological polar surface area (TPSA) is 39.1 Å². The van der Waals surface area contributed by atoms with Gasteiger partial charge in [-0.2, -0.15) is 0 Å². The first-order chi connectivity index (χ1) is 9.40. The first-order valence-electron chi connectivity index (χ1n) is 6.79. The summed E-state index contributed by atoms with van der Waals surface area (Å²) in [6.07, 6.45) is 7.52. The Morgan fingerprint density at radius 3 is 3.00 bits per heavy atom. The summed E-state index contributed by atoms with van der Waals surface area (Å²) in [6, 6.07) is 8.44. The van der Waals surface area contributed by atoms with E-state index < -0.39 is 0 Å². The Kier molecular flexibility index (Phi) is 3.51. The minimum atomic E-state index is 0.390. The number of methoxy groups -OCH3 is 1. The monoisotopic (exact) mass is 257 g/mol. The van der Waals surface area contributed by atoms with Crippen LogP contribution >= 0.6 is 0 Å². The highest BCUT2D eigenvalue weighted by atomic mass is 16.5. The molecule has 1 aliphatic heterocycles. The highest BCUT2D eigenvalue weighted by molar-refractivity contribution is 5.47. The van der Waals surface area contributed by atoms with Crippen LogP contribution in [-0.4, -0.2) is 23.2 Å². The zero-order valence-electron chi connectivity index (χ0n) is 11.2. The van der Waals surface area contributed by atoms with Gasteiger partial charge in [-0.1, -0.05) is 18.6 Å². The molecule has 1 N–H and O–H groups in total. The lowest BCUT2D eigenvalue weighted by Gasteiger charge is -2.24. The van der Waals surface area contributed by atoms with Gasteiger partial charge in [-0.25, -0.2) is 4.98 Å². The number of aromatic nitrogens is 2. The van der Waals surface area contributed by atoms with Crippen LogP contribution in [-0.2, 0) is 0 Å². The standard InChI is InChI=1S/C15H19N3O/c1-19-15-8-3-2-7-13(15)18-11-16-10-14(18)12-6-4-5-9-17-12/h2-3,7-8,10-12,17H,4-6,9H2,1H3. The molecule has 0 saturated carbocycles. The maximum Gasteiger partial charge on any atom is 0.142 e. The van der Waals surface area contributed by atoms with Crippen LogP contribution in [0, 0.1) is 0 Å². The molecule has 1 aliphatic rings. The van der Waals surface area contributed by atoms with E-state index in [1.54, 1.807) is 7.11 Å². The molecule has 1 fully saturated rings. The largest absolute Gasteiger partial charge is 0.495 e. The van der Waals surface area contributed by atoms with Crippen molar-refractivity contribution >= 4 is 0 Å². The smallest absolute Gasteiger partial charge is 0.142 e. The number of hydrogen-bond donors (Lipinski definition) is 1. The predicted molar refractivity (Wildman–Crippen MR) is 74.7 cm³/mol. The van der Waals surface area contributed by atoms with Crippen molar-refractivity contribution in [1.29, 1.82) is 0 Å². The lowest BCUT2D eigenvalue weighted by molar-refractivity contribution is 0.396. The van der Waals surface area contributed by atoms with Crippen molar-refractivity contribution in [2.45, 2.75) is 25.3 Å². The van der Waals surface area contributed by atoms with Crippen molar-refractivity contribution < 1.29 is 4.74 Å². The van der Waals surface area contributed by atoms with E-state index in [0.29, 0.717) is 6.04 Å². The Bertz CT molecular complexity index is 544. The number of benzene rings is 1. The van der Waals surface area contributed by atoms with E-state index in [9.17, 15) is 0 Å². The lowest BCUT2D eigenvalue weighted by Crippen LogP contribution is -2.28. The fourth-order valence-corrected chi connectivity index (χ4v) is 2.70. The average molecular weight is 257 g/mol. The highest BCUT2D eigenvalue weighted by Gasteiger charge is 2.19. The van der Waals surface area contributed by atoms with E-state index in [-0.39, 0.29) is 0 Å². The van der Waals surface area contributed by atoms with Gasteiger partial charge in [0.25, 0.3) is 0 Å². The highest BCUT2D eigenvalue weighted by Crippen LogP contribution is 2.28. The Morgan fingerprint density at radius 2 is 2.21 bits per heavy atom. The minimum Gasteiger partial charge on any atom is -0.495 e. The molecule has 4 heteroatoms. The van der Waals surface area contributed by atoms with Crippen LogP contribution in [0.3, 0.4) is 0 Å². The Balaban J connectivity index is 1.99. The van der Waals surface area contributed by atoms with Gasteiger partial charge in [-0.15, -0.1) is 0 Å². The normalized spacial score (nSPS) is 19.3. The molecule has 0 aliphatic carbocycles. The van der Waals surface area contributed by atoms with Crippen LogP contribution < -0.4 is 10.1 Å². The molecule has 4 nitrogen and oxygen atoms in total. The molecule has 19 heavy (non-hydrogen) atoms. The molecule has 1 saturated heterocycles. The summed E-state index contributed by atoms with van der Waals surface area (Å²) >= 11 is 0. The number of nitrogens with one attached hydrogen (secondary N) is 1. The minimum absolute atomic E-state index is 0.390. The molecule has 1 aromatic heterocycles. The third-order valence-electron chi connectivity index (χ3n) is 3.68. The number of rotatable bonds is 3. The predicted octanol–water partition coefficient (Wildman–Crippen LogP) is 2.70. The molecule has 100 valence electrons. The molecule has 1 atom stereocenters. The third-order valence-corrected chi connectivity index (χ3v) is 3.68. The van der Waals surface area contributed by atoms with Crippen LogP contribution in [0.15, 0.2) is 36.8 Å². The first kappa shape index (κ1) is 12.2. The summed E-state index contributed by atoms with van der Waals surface area (Å²) in [5.41, 5.74) is 2.26. The van der Waals surface area contributed by atoms with Gasteiger partial charge in [0.15, 0.2) is 0 Å². The molecule has 2 heterocycles. The van der Waals surface area contributed by atoms with Crippen LogP contribution in [0.5, 0.6) is 5.75 Å². The number of ether oxygens (including phenoxy) is 1. The van der Waals surface area contributed by atoms with Gasteiger partial charge < -0.3 is 10.1 Å². The second-order valence-electron chi connectivity index (χ2n) is 4.86. The fourth-order valence-electron chi connectivity index (χ4n) is 2.70. The second kappa shape index (κ2) is 5.45. The van der Waals surface area contributed by atoms with Gasteiger partial charge in [0.1, 0.15) is 5.75 Å². The summed E-state index contributed by atoms with van der Waals surface area (Å²) < 4.78 is 7.57. The van der Waals surface area contributed by atoms with Gasteiger partial charge in [0, 0.05) is 6.04 Å². The Morgan fingerprint density at radius 1 is 1.32 bits per heavy atom. The van der Waals surface area contributed by atoms with Crippen molar-refractivity contribution in [3.8, 4) is 11.4 Å². The van der Waals surface area contributed by atoms with Crippen molar-refractivity contribution in [3.05, 3.63) is 42.5 Å². The van der Waals surface area contributed by atoms with Gasteiger partial charge in [-0.05, 0) is 31.5 Å². The molecule has 1 unspecified atom stereocenters. The summed E-state index contributed by atoms with van der Waals surface area (Å²) in [7, 11) is 1.70. The molecular weight excluding hydrogens is 238 g/mol. The number of piperidine rings is 1.